The average molecular weight is 387 g/mol. The van der Waals surface area contributed by atoms with Gasteiger partial charge in [0.2, 0.25) is 6.17 Å². The molecule has 0 radical (unpaired) electrons. The molecule has 1 rings (SSSR count). The second-order valence-corrected chi connectivity index (χ2v) is 4.71. The van der Waals surface area contributed by atoms with E-state index in [1.54, 1.807) is 0 Å². The van der Waals surface area contributed by atoms with E-state index in [0.29, 0.717) is 0 Å². The number of para-hydroxylation sites is 1. The fraction of sp³-hybridized carbons (Fsp3) is 0.455. The molecule has 0 saturated carbocycles. The Hall–Kier alpha value is -1.06. The molecule has 2 unspecified atom stereocenters. The Kier molecular flexibility index (Phi) is 5.46. The summed E-state index contributed by atoms with van der Waals surface area (Å²) < 4.78 is 106. The van der Waals surface area contributed by atoms with Crippen LogP contribution < -0.4 is 4.74 Å². The van der Waals surface area contributed by atoms with Crippen molar-refractivity contribution < 1.29 is 39.9 Å². The summed E-state index contributed by atoms with van der Waals surface area (Å²) in [5.74, 6) is -6.58. The minimum absolute atomic E-state index is 0.165. The van der Waals surface area contributed by atoms with Crippen LogP contribution in [0.5, 0.6) is 5.75 Å². The topological polar surface area (TPSA) is 9.23 Å². The molecule has 0 aliphatic heterocycles. The molecule has 0 N–H and O–H groups in total. The molecule has 0 saturated heterocycles. The SMILES string of the molecule is FC(F)C(F)C(F)C(F)(F)C(F)(F)Oc1ccccc1Br. The zero-order chi connectivity index (χ0) is 16.4. The second kappa shape index (κ2) is 6.37. The molecule has 0 amide bonds. The minimum atomic E-state index is -5.79. The van der Waals surface area contributed by atoms with Gasteiger partial charge in [0.1, 0.15) is 5.75 Å². The molecule has 0 fully saturated rings. The van der Waals surface area contributed by atoms with Crippen molar-refractivity contribution in [3.63, 3.8) is 0 Å². The van der Waals surface area contributed by atoms with Crippen molar-refractivity contribution in [2.24, 2.45) is 0 Å². The number of alkyl halides is 8. The maximum Gasteiger partial charge on any atom is 0.467 e. The summed E-state index contributed by atoms with van der Waals surface area (Å²) in [6.45, 7) is 0. The van der Waals surface area contributed by atoms with Gasteiger partial charge in [-0.25, -0.2) is 17.6 Å². The fourth-order valence-electron chi connectivity index (χ4n) is 1.22. The van der Waals surface area contributed by atoms with Crippen molar-refractivity contribution in [3.8, 4) is 5.75 Å². The zero-order valence-electron chi connectivity index (χ0n) is 9.85. The molecular formula is C11H7BrF8O. The maximum absolute atomic E-state index is 13.3. The monoisotopic (exact) mass is 386 g/mol. The lowest BCUT2D eigenvalue weighted by molar-refractivity contribution is -0.335. The molecule has 1 aromatic rings. The van der Waals surface area contributed by atoms with E-state index in [2.05, 4.69) is 20.7 Å². The van der Waals surface area contributed by atoms with Gasteiger partial charge in [-0.05, 0) is 28.1 Å². The quantitative estimate of drug-likeness (QED) is 0.625. The summed E-state index contributed by atoms with van der Waals surface area (Å²) in [5, 5.41) is 0. The first-order valence-corrected chi connectivity index (χ1v) is 6.05. The first kappa shape index (κ1) is 18.0. The number of benzene rings is 1. The lowest BCUT2D eigenvalue weighted by atomic mass is 10.1. The van der Waals surface area contributed by atoms with Gasteiger partial charge in [0.15, 0.2) is 6.17 Å². The van der Waals surface area contributed by atoms with Gasteiger partial charge >= 0.3 is 12.0 Å². The Balaban J connectivity index is 3.02. The van der Waals surface area contributed by atoms with Crippen LogP contribution >= 0.6 is 15.9 Å². The lowest BCUT2D eigenvalue weighted by Gasteiger charge is -2.30. The summed E-state index contributed by atoms with van der Waals surface area (Å²) >= 11 is 2.71. The van der Waals surface area contributed by atoms with E-state index in [-0.39, 0.29) is 4.47 Å². The third-order valence-electron chi connectivity index (χ3n) is 2.33. The van der Waals surface area contributed by atoms with E-state index >= 15 is 0 Å². The van der Waals surface area contributed by atoms with E-state index in [1.165, 1.54) is 6.07 Å². The van der Waals surface area contributed by atoms with Crippen LogP contribution in [0.15, 0.2) is 28.7 Å². The van der Waals surface area contributed by atoms with E-state index in [0.717, 1.165) is 18.2 Å². The summed E-state index contributed by atoms with van der Waals surface area (Å²) in [6, 6.07) is 4.51. The smallest absolute Gasteiger partial charge is 0.427 e. The molecular weight excluding hydrogens is 380 g/mol. The molecule has 1 aromatic carbocycles. The summed E-state index contributed by atoms with van der Waals surface area (Å²) in [4.78, 5) is 0. The van der Waals surface area contributed by atoms with Crippen LogP contribution in [0.1, 0.15) is 0 Å². The normalized spacial score (nSPS) is 15.9. The lowest BCUT2D eigenvalue weighted by Crippen LogP contribution is -2.55. The molecule has 0 aliphatic carbocycles. The molecule has 0 aliphatic rings. The molecule has 0 bridgehead atoms. The largest absolute Gasteiger partial charge is 0.467 e. The van der Waals surface area contributed by atoms with Gasteiger partial charge in [-0.3, -0.25) is 0 Å². The predicted molar refractivity (Wildman–Crippen MR) is 60.5 cm³/mol. The number of ether oxygens (including phenoxy) is 1. The van der Waals surface area contributed by atoms with Crippen LogP contribution in [0.4, 0.5) is 35.1 Å². The zero-order valence-corrected chi connectivity index (χ0v) is 11.4. The van der Waals surface area contributed by atoms with Gasteiger partial charge in [0.05, 0.1) is 4.47 Å². The Morgan fingerprint density at radius 1 is 0.952 bits per heavy atom. The molecule has 10 heteroatoms. The van der Waals surface area contributed by atoms with Crippen LogP contribution in [0.2, 0.25) is 0 Å². The van der Waals surface area contributed by atoms with Crippen LogP contribution in [0, 0.1) is 0 Å². The van der Waals surface area contributed by atoms with Crippen LogP contribution in [-0.2, 0) is 0 Å². The van der Waals surface area contributed by atoms with Crippen molar-refractivity contribution in [3.05, 3.63) is 28.7 Å². The summed E-state index contributed by atoms with van der Waals surface area (Å²) in [7, 11) is 0. The van der Waals surface area contributed by atoms with Gasteiger partial charge in [-0.1, -0.05) is 12.1 Å². The third-order valence-corrected chi connectivity index (χ3v) is 2.98. The standard InChI is InChI=1S/C11H7BrF8O/c12-5-3-1-2-4-6(5)21-11(19,20)10(17,18)8(14)7(13)9(15)16/h1-4,7-9H. The highest BCUT2D eigenvalue weighted by atomic mass is 79.9. The van der Waals surface area contributed by atoms with Crippen LogP contribution in [0.25, 0.3) is 0 Å². The molecule has 1 nitrogen and oxygen atoms in total. The average Bonchev–Trinajstić information content (AvgIpc) is 2.39. The highest BCUT2D eigenvalue weighted by molar-refractivity contribution is 9.10. The maximum atomic E-state index is 13.3. The third kappa shape index (κ3) is 3.78. The van der Waals surface area contributed by atoms with Crippen molar-refractivity contribution in [1.29, 1.82) is 0 Å². The van der Waals surface area contributed by atoms with E-state index in [4.69, 9.17) is 0 Å². The van der Waals surface area contributed by atoms with Gasteiger partial charge in [0, 0.05) is 0 Å². The number of rotatable bonds is 6. The first-order valence-electron chi connectivity index (χ1n) is 5.26. The first-order chi connectivity index (χ1) is 9.50. The predicted octanol–water partition coefficient (Wildman–Crippen LogP) is 5.00. The van der Waals surface area contributed by atoms with Gasteiger partial charge < -0.3 is 4.74 Å². The Morgan fingerprint density at radius 3 is 1.95 bits per heavy atom. The van der Waals surface area contributed by atoms with Gasteiger partial charge in [-0.2, -0.15) is 17.6 Å². The Labute approximate surface area is 122 Å². The van der Waals surface area contributed by atoms with E-state index in [1.807, 2.05) is 0 Å². The van der Waals surface area contributed by atoms with Crippen molar-refractivity contribution in [2.45, 2.75) is 30.8 Å². The Bertz CT molecular complexity index is 481. The van der Waals surface area contributed by atoms with Crippen molar-refractivity contribution >= 4 is 15.9 Å². The fourth-order valence-corrected chi connectivity index (χ4v) is 1.59. The number of halogens is 9. The van der Waals surface area contributed by atoms with E-state index < -0.39 is 36.5 Å². The molecule has 0 aromatic heterocycles. The minimum Gasteiger partial charge on any atom is -0.427 e. The van der Waals surface area contributed by atoms with Crippen LogP contribution in [0.3, 0.4) is 0 Å². The van der Waals surface area contributed by atoms with Crippen LogP contribution in [-0.4, -0.2) is 30.8 Å². The Morgan fingerprint density at radius 2 is 1.48 bits per heavy atom. The second-order valence-electron chi connectivity index (χ2n) is 3.85. The molecule has 0 spiro atoms. The number of hydrogen-bond acceptors (Lipinski definition) is 1. The number of hydrogen-bond donors (Lipinski definition) is 0. The molecule has 2 atom stereocenters. The summed E-state index contributed by atoms with van der Waals surface area (Å²) in [6.07, 6.45) is -18.2. The van der Waals surface area contributed by atoms with Gasteiger partial charge in [0.25, 0.3) is 6.43 Å². The highest BCUT2D eigenvalue weighted by Crippen LogP contribution is 2.43. The summed E-state index contributed by atoms with van der Waals surface area (Å²) in [5.41, 5.74) is 0. The van der Waals surface area contributed by atoms with Crippen molar-refractivity contribution in [1.82, 2.24) is 0 Å². The molecule has 21 heavy (non-hydrogen) atoms. The highest BCUT2D eigenvalue weighted by Gasteiger charge is 2.68. The van der Waals surface area contributed by atoms with Crippen molar-refractivity contribution in [2.75, 3.05) is 0 Å². The molecule has 0 heterocycles. The van der Waals surface area contributed by atoms with Gasteiger partial charge in [-0.15, -0.1) is 0 Å². The molecule has 120 valence electrons. The van der Waals surface area contributed by atoms with E-state index in [9.17, 15) is 35.1 Å².